The van der Waals surface area contributed by atoms with E-state index in [2.05, 4.69) is 15.3 Å². The SMILES string of the molecule is Cc1ccc2ncnc(NCC(O)COc3cccc(C(F)(F)F)c3)c2c1. The molecule has 0 radical (unpaired) electrons. The van der Waals surface area contributed by atoms with Crippen LogP contribution in [0.3, 0.4) is 0 Å². The quantitative estimate of drug-likeness (QED) is 0.684. The Morgan fingerprint density at radius 3 is 2.74 bits per heavy atom. The maximum atomic E-state index is 12.7. The standard InChI is InChI=1S/C19H18F3N3O2/c1-12-5-6-17-16(7-12)18(25-11-24-17)23-9-14(26)10-27-15-4-2-3-13(8-15)19(20,21)22/h2-8,11,14,26H,9-10H2,1H3,(H,23,24,25). The minimum absolute atomic E-state index is 0.0481. The van der Waals surface area contributed by atoms with Crippen LogP contribution in [0, 0.1) is 6.92 Å². The number of hydrogen-bond acceptors (Lipinski definition) is 5. The summed E-state index contributed by atoms with van der Waals surface area (Å²) in [6, 6.07) is 10.3. The van der Waals surface area contributed by atoms with Gasteiger partial charge in [0.05, 0.1) is 11.1 Å². The Morgan fingerprint density at radius 1 is 1.15 bits per heavy atom. The summed E-state index contributed by atoms with van der Waals surface area (Å²) in [6.45, 7) is 1.92. The molecule has 0 spiro atoms. The zero-order valence-electron chi connectivity index (χ0n) is 14.5. The molecule has 1 atom stereocenters. The zero-order valence-corrected chi connectivity index (χ0v) is 14.5. The van der Waals surface area contributed by atoms with E-state index in [-0.39, 0.29) is 18.9 Å². The third-order valence-electron chi connectivity index (χ3n) is 3.90. The molecular formula is C19H18F3N3O2. The Balaban J connectivity index is 1.59. The molecule has 0 amide bonds. The molecule has 0 aliphatic carbocycles. The molecule has 2 N–H and O–H groups in total. The van der Waals surface area contributed by atoms with Crippen LogP contribution in [0.15, 0.2) is 48.8 Å². The van der Waals surface area contributed by atoms with Crippen molar-refractivity contribution in [2.45, 2.75) is 19.2 Å². The van der Waals surface area contributed by atoms with Crippen molar-refractivity contribution in [1.82, 2.24) is 9.97 Å². The van der Waals surface area contributed by atoms with Crippen LogP contribution in [0.1, 0.15) is 11.1 Å². The van der Waals surface area contributed by atoms with E-state index in [1.165, 1.54) is 18.5 Å². The number of aromatic nitrogens is 2. The average molecular weight is 377 g/mol. The minimum atomic E-state index is -4.44. The Hall–Kier alpha value is -2.87. The summed E-state index contributed by atoms with van der Waals surface area (Å²) in [5, 5.41) is 13.9. The highest BCUT2D eigenvalue weighted by Crippen LogP contribution is 2.31. The molecule has 142 valence electrons. The fourth-order valence-electron chi connectivity index (χ4n) is 2.54. The van der Waals surface area contributed by atoms with Gasteiger partial charge in [0, 0.05) is 11.9 Å². The summed E-state index contributed by atoms with van der Waals surface area (Å²) < 4.78 is 43.4. The van der Waals surface area contributed by atoms with Gasteiger partial charge < -0.3 is 15.2 Å². The third kappa shape index (κ3) is 4.85. The predicted octanol–water partition coefficient (Wildman–Crippen LogP) is 3.81. The van der Waals surface area contributed by atoms with Crippen molar-refractivity contribution in [3.63, 3.8) is 0 Å². The van der Waals surface area contributed by atoms with Gasteiger partial charge in [0.2, 0.25) is 0 Å². The van der Waals surface area contributed by atoms with Gasteiger partial charge >= 0.3 is 6.18 Å². The number of aliphatic hydroxyl groups excluding tert-OH is 1. The summed E-state index contributed by atoms with van der Waals surface area (Å²) in [4.78, 5) is 8.36. The molecule has 3 rings (SSSR count). The molecule has 2 aromatic carbocycles. The van der Waals surface area contributed by atoms with Crippen molar-refractivity contribution in [2.75, 3.05) is 18.5 Å². The van der Waals surface area contributed by atoms with Crippen LogP contribution in [-0.2, 0) is 6.18 Å². The molecule has 0 saturated carbocycles. The van der Waals surface area contributed by atoms with Crippen molar-refractivity contribution in [3.8, 4) is 5.75 Å². The molecule has 3 aromatic rings. The molecule has 5 nitrogen and oxygen atoms in total. The molecule has 0 saturated heterocycles. The van der Waals surface area contributed by atoms with Gasteiger partial charge in [0.25, 0.3) is 0 Å². The number of rotatable bonds is 6. The van der Waals surface area contributed by atoms with E-state index in [0.717, 1.165) is 28.6 Å². The van der Waals surface area contributed by atoms with Crippen LogP contribution < -0.4 is 10.1 Å². The van der Waals surface area contributed by atoms with Gasteiger partial charge in [-0.15, -0.1) is 0 Å². The predicted molar refractivity (Wildman–Crippen MR) is 95.7 cm³/mol. The second kappa shape index (κ2) is 7.79. The number of nitrogens with zero attached hydrogens (tertiary/aromatic N) is 2. The first-order chi connectivity index (χ1) is 12.8. The lowest BCUT2D eigenvalue weighted by Gasteiger charge is -2.15. The number of hydrogen-bond donors (Lipinski definition) is 2. The second-order valence-corrected chi connectivity index (χ2v) is 6.11. The molecule has 1 unspecified atom stereocenters. The second-order valence-electron chi connectivity index (χ2n) is 6.11. The molecule has 0 aliphatic rings. The molecule has 0 fully saturated rings. The molecule has 0 bridgehead atoms. The van der Waals surface area contributed by atoms with Gasteiger partial charge in [-0.1, -0.05) is 17.7 Å². The van der Waals surface area contributed by atoms with Crippen LogP contribution in [0.2, 0.25) is 0 Å². The Morgan fingerprint density at radius 2 is 1.96 bits per heavy atom. The third-order valence-corrected chi connectivity index (χ3v) is 3.90. The molecule has 27 heavy (non-hydrogen) atoms. The summed E-state index contributed by atoms with van der Waals surface area (Å²) in [5.41, 5.74) is 1.03. The van der Waals surface area contributed by atoms with E-state index < -0.39 is 17.8 Å². The highest BCUT2D eigenvalue weighted by atomic mass is 19.4. The monoisotopic (exact) mass is 377 g/mol. The lowest BCUT2D eigenvalue weighted by Crippen LogP contribution is -2.26. The smallest absolute Gasteiger partial charge is 0.416 e. The topological polar surface area (TPSA) is 67.3 Å². The highest BCUT2D eigenvalue weighted by Gasteiger charge is 2.30. The molecule has 8 heteroatoms. The van der Waals surface area contributed by atoms with Crippen LogP contribution in [0.5, 0.6) is 5.75 Å². The van der Waals surface area contributed by atoms with Crippen molar-refractivity contribution in [1.29, 1.82) is 0 Å². The maximum Gasteiger partial charge on any atom is 0.416 e. The summed E-state index contributed by atoms with van der Waals surface area (Å²) in [6.07, 6.45) is -3.95. The van der Waals surface area contributed by atoms with Gasteiger partial charge in [0.1, 0.15) is 30.6 Å². The van der Waals surface area contributed by atoms with Crippen LogP contribution in [-0.4, -0.2) is 34.3 Å². The zero-order chi connectivity index (χ0) is 19.4. The van der Waals surface area contributed by atoms with E-state index in [0.29, 0.717) is 5.82 Å². The summed E-state index contributed by atoms with van der Waals surface area (Å²) in [5.74, 6) is 0.619. The molecule has 0 aliphatic heterocycles. The van der Waals surface area contributed by atoms with E-state index in [1.54, 1.807) is 0 Å². The van der Waals surface area contributed by atoms with Gasteiger partial charge in [-0.3, -0.25) is 0 Å². The first-order valence-corrected chi connectivity index (χ1v) is 8.26. The van der Waals surface area contributed by atoms with Gasteiger partial charge in [-0.05, 0) is 37.3 Å². The molecular weight excluding hydrogens is 359 g/mol. The highest BCUT2D eigenvalue weighted by molar-refractivity contribution is 5.89. The minimum Gasteiger partial charge on any atom is -0.491 e. The lowest BCUT2D eigenvalue weighted by atomic mass is 10.1. The number of benzene rings is 2. The number of alkyl halides is 3. The lowest BCUT2D eigenvalue weighted by molar-refractivity contribution is -0.137. The van der Waals surface area contributed by atoms with Crippen molar-refractivity contribution >= 4 is 16.7 Å². The first kappa shape index (κ1) is 18.9. The van der Waals surface area contributed by atoms with E-state index in [9.17, 15) is 18.3 Å². The van der Waals surface area contributed by atoms with E-state index >= 15 is 0 Å². The molecule has 1 aromatic heterocycles. The van der Waals surface area contributed by atoms with Crippen LogP contribution in [0.25, 0.3) is 10.9 Å². The largest absolute Gasteiger partial charge is 0.491 e. The van der Waals surface area contributed by atoms with Crippen LogP contribution in [0.4, 0.5) is 19.0 Å². The fraction of sp³-hybridized carbons (Fsp3) is 0.263. The average Bonchev–Trinajstić information content (AvgIpc) is 2.64. The van der Waals surface area contributed by atoms with Gasteiger partial charge in [0.15, 0.2) is 0 Å². The van der Waals surface area contributed by atoms with Gasteiger partial charge in [-0.2, -0.15) is 13.2 Å². The Bertz CT molecular complexity index is 931. The summed E-state index contributed by atoms with van der Waals surface area (Å²) >= 11 is 0. The van der Waals surface area contributed by atoms with E-state index in [4.69, 9.17) is 4.74 Å². The van der Waals surface area contributed by atoms with Crippen LogP contribution >= 0.6 is 0 Å². The van der Waals surface area contributed by atoms with Gasteiger partial charge in [-0.25, -0.2) is 9.97 Å². The molecule has 1 heterocycles. The Labute approximate surface area is 153 Å². The van der Waals surface area contributed by atoms with Crippen molar-refractivity contribution < 1.29 is 23.0 Å². The Kier molecular flexibility index (Phi) is 5.46. The maximum absolute atomic E-state index is 12.7. The van der Waals surface area contributed by atoms with Crippen molar-refractivity contribution in [2.24, 2.45) is 0 Å². The number of anilines is 1. The fourth-order valence-corrected chi connectivity index (χ4v) is 2.54. The van der Waals surface area contributed by atoms with E-state index in [1.807, 2.05) is 25.1 Å². The summed E-state index contributed by atoms with van der Waals surface area (Å²) in [7, 11) is 0. The first-order valence-electron chi connectivity index (χ1n) is 8.26. The normalized spacial score (nSPS) is 12.8. The number of aryl methyl sites for hydroxylation is 1. The number of ether oxygens (including phenoxy) is 1. The number of fused-ring (bicyclic) bond motifs is 1. The number of halogens is 3. The number of nitrogens with one attached hydrogen (secondary N) is 1. The number of aliphatic hydroxyl groups is 1. The van der Waals surface area contributed by atoms with Crippen molar-refractivity contribution in [3.05, 3.63) is 59.9 Å².